The highest BCUT2D eigenvalue weighted by Crippen LogP contribution is 2.33. The van der Waals surface area contributed by atoms with Crippen LogP contribution in [0.2, 0.25) is 0 Å². The van der Waals surface area contributed by atoms with E-state index in [-0.39, 0.29) is 17.7 Å². The fourth-order valence-electron chi connectivity index (χ4n) is 3.07. The molecule has 1 aliphatic heterocycles. The van der Waals surface area contributed by atoms with Crippen LogP contribution in [0.3, 0.4) is 0 Å². The van der Waals surface area contributed by atoms with E-state index in [2.05, 4.69) is 10.3 Å². The molecule has 0 bridgehead atoms. The van der Waals surface area contributed by atoms with Crippen LogP contribution < -0.4 is 10.1 Å². The molecule has 7 heteroatoms. The Morgan fingerprint density at radius 2 is 2.15 bits per heavy atom. The van der Waals surface area contributed by atoms with Gasteiger partial charge in [-0.15, -0.1) is 0 Å². The normalized spacial score (nSPS) is 16.1. The average molecular weight is 371 g/mol. The van der Waals surface area contributed by atoms with E-state index in [0.717, 1.165) is 23.4 Å². The fraction of sp³-hybridized carbons (Fsp3) is 0.421. The number of thiazole rings is 1. The lowest BCUT2D eigenvalue weighted by atomic mass is 10.1. The maximum absolute atomic E-state index is 12.9. The van der Waals surface area contributed by atoms with Gasteiger partial charge in [0.2, 0.25) is 5.91 Å². The second-order valence-electron chi connectivity index (χ2n) is 6.56. The van der Waals surface area contributed by atoms with Gasteiger partial charge in [-0.25, -0.2) is 4.98 Å². The number of nitrogens with one attached hydrogen (secondary N) is 1. The number of hydrogen-bond acceptors (Lipinski definition) is 5. The van der Waals surface area contributed by atoms with Crippen molar-refractivity contribution in [3.05, 3.63) is 40.4 Å². The lowest BCUT2D eigenvalue weighted by Crippen LogP contribution is -2.35. The maximum atomic E-state index is 12.9. The Kier molecular flexibility index (Phi) is 4.63. The molecule has 0 radical (unpaired) electrons. The molecule has 1 N–H and O–H groups in total. The Labute approximate surface area is 156 Å². The lowest BCUT2D eigenvalue weighted by molar-refractivity contribution is -0.117. The first kappa shape index (κ1) is 17.0. The molecule has 1 aliphatic carbocycles. The third-order valence-corrected chi connectivity index (χ3v) is 5.61. The van der Waals surface area contributed by atoms with Crippen molar-refractivity contribution in [3.63, 3.8) is 0 Å². The number of aromatic nitrogens is 1. The first-order valence-corrected chi connectivity index (χ1v) is 9.78. The van der Waals surface area contributed by atoms with Crippen LogP contribution in [0.25, 0.3) is 0 Å². The summed E-state index contributed by atoms with van der Waals surface area (Å²) < 4.78 is 5.59. The van der Waals surface area contributed by atoms with Gasteiger partial charge in [-0.2, -0.15) is 0 Å². The van der Waals surface area contributed by atoms with E-state index >= 15 is 0 Å². The van der Waals surface area contributed by atoms with E-state index < -0.39 is 0 Å². The van der Waals surface area contributed by atoms with Crippen LogP contribution in [-0.4, -0.2) is 34.8 Å². The van der Waals surface area contributed by atoms with Gasteiger partial charge in [-0.1, -0.05) is 23.5 Å². The Bertz CT molecular complexity index is 844. The van der Waals surface area contributed by atoms with E-state index in [4.69, 9.17) is 4.74 Å². The van der Waals surface area contributed by atoms with Gasteiger partial charge in [-0.05, 0) is 31.9 Å². The van der Waals surface area contributed by atoms with Crippen molar-refractivity contribution in [1.82, 2.24) is 9.88 Å². The number of carbonyl (C=O) groups excluding carboxylic acids is 2. The van der Waals surface area contributed by atoms with Crippen LogP contribution >= 0.6 is 11.3 Å². The van der Waals surface area contributed by atoms with Crippen LogP contribution in [0.15, 0.2) is 24.3 Å². The summed E-state index contributed by atoms with van der Waals surface area (Å²) in [5, 5.41) is 3.56. The number of carbonyl (C=O) groups is 2. The second kappa shape index (κ2) is 7.07. The number of hydrogen-bond donors (Lipinski definition) is 1. The number of amides is 2. The van der Waals surface area contributed by atoms with Gasteiger partial charge in [0.25, 0.3) is 5.91 Å². The van der Waals surface area contributed by atoms with Crippen molar-refractivity contribution in [2.24, 2.45) is 5.92 Å². The van der Waals surface area contributed by atoms with Crippen LogP contribution in [-0.2, 0) is 17.8 Å². The monoisotopic (exact) mass is 371 g/mol. The number of para-hydroxylation sites is 1. The SMILES string of the molecule is CCOc1ccccc1C(=O)N1CCc2nc(NC(=O)C3CC3)sc2C1. The first-order chi connectivity index (χ1) is 12.7. The highest BCUT2D eigenvalue weighted by Gasteiger charge is 2.31. The van der Waals surface area contributed by atoms with Gasteiger partial charge in [0.15, 0.2) is 5.13 Å². The van der Waals surface area contributed by atoms with Gasteiger partial charge in [0.05, 0.1) is 24.4 Å². The molecule has 136 valence electrons. The van der Waals surface area contributed by atoms with E-state index in [1.54, 1.807) is 6.07 Å². The zero-order chi connectivity index (χ0) is 18.1. The summed E-state index contributed by atoms with van der Waals surface area (Å²) in [4.78, 5) is 32.3. The molecule has 0 unspecified atom stereocenters. The summed E-state index contributed by atoms with van der Waals surface area (Å²) in [6.07, 6.45) is 2.64. The molecule has 1 saturated carbocycles. The van der Waals surface area contributed by atoms with Crippen LogP contribution in [0, 0.1) is 5.92 Å². The number of ether oxygens (including phenoxy) is 1. The van der Waals surface area contributed by atoms with Gasteiger partial charge in [0, 0.05) is 23.8 Å². The molecule has 0 spiro atoms. The zero-order valence-electron chi connectivity index (χ0n) is 14.7. The predicted octanol–water partition coefficient (Wildman–Crippen LogP) is 3.09. The van der Waals surface area contributed by atoms with Crippen molar-refractivity contribution in [1.29, 1.82) is 0 Å². The Morgan fingerprint density at radius 1 is 1.35 bits per heavy atom. The molecule has 1 aromatic carbocycles. The molecule has 2 aromatic rings. The first-order valence-electron chi connectivity index (χ1n) is 8.96. The summed E-state index contributed by atoms with van der Waals surface area (Å²) in [5.74, 6) is 0.808. The number of rotatable bonds is 5. The third-order valence-electron chi connectivity index (χ3n) is 4.61. The Morgan fingerprint density at radius 3 is 2.92 bits per heavy atom. The number of fused-ring (bicyclic) bond motifs is 1. The van der Waals surface area contributed by atoms with E-state index in [1.165, 1.54) is 11.3 Å². The van der Waals surface area contributed by atoms with Crippen molar-refractivity contribution < 1.29 is 14.3 Å². The summed E-state index contributed by atoms with van der Waals surface area (Å²) >= 11 is 1.47. The minimum Gasteiger partial charge on any atom is -0.493 e. The van der Waals surface area contributed by atoms with Gasteiger partial charge in [0.1, 0.15) is 5.75 Å². The van der Waals surface area contributed by atoms with Crippen molar-refractivity contribution in [2.45, 2.75) is 32.7 Å². The summed E-state index contributed by atoms with van der Waals surface area (Å²) in [6, 6.07) is 7.35. The largest absolute Gasteiger partial charge is 0.493 e. The van der Waals surface area contributed by atoms with E-state index in [9.17, 15) is 9.59 Å². The van der Waals surface area contributed by atoms with Crippen LogP contribution in [0.4, 0.5) is 5.13 Å². The van der Waals surface area contributed by atoms with Gasteiger partial charge in [-0.3, -0.25) is 9.59 Å². The number of benzene rings is 1. The number of nitrogens with zero attached hydrogens (tertiary/aromatic N) is 2. The highest BCUT2D eigenvalue weighted by atomic mass is 32.1. The zero-order valence-corrected chi connectivity index (χ0v) is 15.5. The quantitative estimate of drug-likeness (QED) is 0.877. The molecule has 2 heterocycles. The highest BCUT2D eigenvalue weighted by molar-refractivity contribution is 7.15. The predicted molar refractivity (Wildman–Crippen MR) is 99.5 cm³/mol. The lowest BCUT2D eigenvalue weighted by Gasteiger charge is -2.26. The molecule has 0 saturated heterocycles. The third kappa shape index (κ3) is 3.44. The van der Waals surface area contributed by atoms with E-state index in [1.807, 2.05) is 30.0 Å². The summed E-state index contributed by atoms with van der Waals surface area (Å²) in [5.41, 5.74) is 1.58. The van der Waals surface area contributed by atoms with Gasteiger partial charge < -0.3 is 15.0 Å². The molecule has 2 amide bonds. The summed E-state index contributed by atoms with van der Waals surface area (Å²) in [6.45, 7) is 3.56. The molecule has 4 rings (SSSR count). The van der Waals surface area contributed by atoms with Crippen molar-refractivity contribution >= 4 is 28.3 Å². The standard InChI is InChI=1S/C19H21N3O3S/c1-2-25-15-6-4-3-5-13(15)18(24)22-10-9-14-16(11-22)26-19(20-14)21-17(23)12-7-8-12/h3-6,12H,2,7-11H2,1H3,(H,20,21,23). The molecular formula is C19H21N3O3S. The van der Waals surface area contributed by atoms with Crippen LogP contribution in [0.5, 0.6) is 5.75 Å². The fourth-order valence-corrected chi connectivity index (χ4v) is 4.10. The minimum atomic E-state index is -0.0309. The van der Waals surface area contributed by atoms with Crippen molar-refractivity contribution in [2.75, 3.05) is 18.5 Å². The second-order valence-corrected chi connectivity index (χ2v) is 7.64. The Balaban J connectivity index is 1.48. The molecule has 0 atom stereocenters. The molecule has 26 heavy (non-hydrogen) atoms. The van der Waals surface area contributed by atoms with E-state index in [0.29, 0.717) is 42.6 Å². The molecule has 6 nitrogen and oxygen atoms in total. The molecule has 1 aromatic heterocycles. The molecular weight excluding hydrogens is 350 g/mol. The molecule has 2 aliphatic rings. The average Bonchev–Trinajstić information content (AvgIpc) is 3.42. The molecule has 1 fully saturated rings. The maximum Gasteiger partial charge on any atom is 0.257 e. The smallest absolute Gasteiger partial charge is 0.257 e. The van der Waals surface area contributed by atoms with Crippen LogP contribution in [0.1, 0.15) is 40.7 Å². The Hall–Kier alpha value is -2.41. The number of anilines is 1. The summed E-state index contributed by atoms with van der Waals surface area (Å²) in [7, 11) is 0. The van der Waals surface area contributed by atoms with Crippen molar-refractivity contribution in [3.8, 4) is 5.75 Å². The van der Waals surface area contributed by atoms with Gasteiger partial charge >= 0.3 is 0 Å². The minimum absolute atomic E-state index is 0.0309. The topological polar surface area (TPSA) is 71.5 Å².